The Morgan fingerprint density at radius 1 is 0.309 bits per heavy atom. The highest BCUT2D eigenvalue weighted by molar-refractivity contribution is 5.88. The second-order valence-corrected chi connectivity index (χ2v) is 19.6. The van der Waals surface area contributed by atoms with Crippen LogP contribution in [0.4, 0.5) is 0 Å². The molecule has 12 N–H and O–H groups in total. The average molecular weight is 1160 g/mol. The average Bonchev–Trinajstić information content (AvgIpc) is 3.39. The van der Waals surface area contributed by atoms with Gasteiger partial charge in [-0.25, -0.2) is 19.2 Å². The number of hydrogen-bond acceptors (Lipinski definition) is 16. The maximum atomic E-state index is 12.7. The van der Waals surface area contributed by atoms with Crippen LogP contribution in [0.2, 0.25) is 0 Å². The zero-order valence-corrected chi connectivity index (χ0v) is 47.2. The second-order valence-electron chi connectivity index (χ2n) is 19.6. The quantitative estimate of drug-likeness (QED) is 0.0384. The first-order valence-corrected chi connectivity index (χ1v) is 28.0. The van der Waals surface area contributed by atoms with Crippen LogP contribution in [-0.4, -0.2) is 193 Å². The first kappa shape index (κ1) is 74.5. The molecule has 0 aromatic heterocycles. The van der Waals surface area contributed by atoms with Crippen molar-refractivity contribution in [3.05, 3.63) is 0 Å². The van der Waals surface area contributed by atoms with Gasteiger partial charge in [0.2, 0.25) is 41.4 Å². The van der Waals surface area contributed by atoms with Crippen molar-refractivity contribution in [1.29, 1.82) is 0 Å². The van der Waals surface area contributed by atoms with Gasteiger partial charge in [-0.1, -0.05) is 77.0 Å². The van der Waals surface area contributed by atoms with Gasteiger partial charge in [-0.05, 0) is 52.4 Å². The van der Waals surface area contributed by atoms with Gasteiger partial charge in [0, 0.05) is 57.7 Å². The number of hydrogen-bond donors (Lipinski definition) is 12. The second kappa shape index (κ2) is 48.2. The minimum Gasteiger partial charge on any atom is -0.481 e. The summed E-state index contributed by atoms with van der Waals surface area (Å²) in [4.78, 5) is 144. The van der Waals surface area contributed by atoms with Crippen molar-refractivity contribution >= 4 is 71.2 Å². The summed E-state index contributed by atoms with van der Waals surface area (Å²) in [6.45, 7) is 4.60. The van der Waals surface area contributed by atoms with E-state index in [1.54, 1.807) is 0 Å². The Kier molecular flexibility index (Phi) is 44.3. The largest absolute Gasteiger partial charge is 0.481 e. The van der Waals surface area contributed by atoms with Crippen LogP contribution in [0.1, 0.15) is 168 Å². The monoisotopic (exact) mass is 1160 g/mol. The van der Waals surface area contributed by atoms with Crippen LogP contribution in [-0.2, 0) is 76.5 Å². The Morgan fingerprint density at radius 3 is 0.926 bits per heavy atom. The number of carbonyl (C=O) groups excluding carboxylic acids is 7. The SMILES string of the molecule is CC(C)NC(=O)COCCOCCNC(=O)COCCOCCNC(=O)CC[C@H](NC(=O)CC[C@H](NC(=O)CC[C@H](NC(=O)CC[C@H](NC(=O)CCCCCCCCCCCCCCCCC(=O)O)C(=O)O)C(=O)O)C(=O)O)C(=O)O. The number of ether oxygens (including phenoxy) is 4. The summed E-state index contributed by atoms with van der Waals surface area (Å²) in [5.41, 5.74) is 0. The maximum Gasteiger partial charge on any atom is 0.326 e. The molecule has 0 aromatic carbocycles. The highest BCUT2D eigenvalue weighted by atomic mass is 16.5. The topological polar surface area (TPSA) is 427 Å². The molecule has 7 amide bonds. The van der Waals surface area contributed by atoms with E-state index >= 15 is 0 Å². The first-order valence-electron chi connectivity index (χ1n) is 28.0. The number of carboxylic acid groups (broad SMARTS) is 5. The molecule has 0 heterocycles. The molecular formula is C53H91N7O21. The van der Waals surface area contributed by atoms with E-state index in [1.807, 2.05) is 13.8 Å². The maximum absolute atomic E-state index is 12.7. The van der Waals surface area contributed by atoms with E-state index in [0.717, 1.165) is 77.0 Å². The van der Waals surface area contributed by atoms with Crippen LogP contribution < -0.4 is 37.2 Å². The lowest BCUT2D eigenvalue weighted by molar-refractivity contribution is -0.144. The van der Waals surface area contributed by atoms with Crippen LogP contribution >= 0.6 is 0 Å². The fourth-order valence-corrected chi connectivity index (χ4v) is 7.68. The van der Waals surface area contributed by atoms with Crippen molar-refractivity contribution in [1.82, 2.24) is 37.2 Å². The summed E-state index contributed by atoms with van der Waals surface area (Å²) < 4.78 is 21.1. The smallest absolute Gasteiger partial charge is 0.326 e. The minimum absolute atomic E-state index is 0.0175. The lowest BCUT2D eigenvalue weighted by Crippen LogP contribution is -2.45. The van der Waals surface area contributed by atoms with Crippen molar-refractivity contribution in [3.63, 3.8) is 0 Å². The number of aliphatic carboxylic acids is 5. The molecule has 0 radical (unpaired) electrons. The summed E-state index contributed by atoms with van der Waals surface area (Å²) >= 11 is 0. The number of amides is 7. The molecule has 0 saturated carbocycles. The third kappa shape index (κ3) is 45.9. The molecule has 464 valence electrons. The predicted octanol–water partition coefficient (Wildman–Crippen LogP) is 1.53. The molecule has 28 nitrogen and oxygen atoms in total. The highest BCUT2D eigenvalue weighted by Gasteiger charge is 2.27. The molecule has 0 saturated heterocycles. The molecule has 4 atom stereocenters. The molecule has 28 heteroatoms. The Labute approximate surface area is 473 Å². The van der Waals surface area contributed by atoms with E-state index < -0.39 is 116 Å². The van der Waals surface area contributed by atoms with Gasteiger partial charge in [0.1, 0.15) is 37.4 Å². The van der Waals surface area contributed by atoms with Crippen molar-refractivity contribution < 1.29 is 102 Å². The van der Waals surface area contributed by atoms with Gasteiger partial charge in [-0.2, -0.15) is 0 Å². The lowest BCUT2D eigenvalue weighted by atomic mass is 10.0. The molecule has 81 heavy (non-hydrogen) atoms. The third-order valence-electron chi connectivity index (χ3n) is 12.0. The van der Waals surface area contributed by atoms with Crippen LogP contribution in [0.25, 0.3) is 0 Å². The van der Waals surface area contributed by atoms with Gasteiger partial charge in [-0.15, -0.1) is 0 Å². The number of carboxylic acids is 5. The van der Waals surface area contributed by atoms with Crippen LogP contribution in [0.5, 0.6) is 0 Å². The van der Waals surface area contributed by atoms with Gasteiger partial charge < -0.3 is 81.7 Å². The van der Waals surface area contributed by atoms with Crippen LogP contribution in [0, 0.1) is 0 Å². The Hall–Kier alpha value is -6.52. The van der Waals surface area contributed by atoms with E-state index in [2.05, 4.69) is 37.2 Å². The molecule has 0 fully saturated rings. The summed E-state index contributed by atoms with van der Waals surface area (Å²) in [6, 6.07) is -6.22. The van der Waals surface area contributed by atoms with E-state index in [0.29, 0.717) is 6.42 Å². The minimum atomic E-state index is -1.66. The fraction of sp³-hybridized carbons (Fsp3) is 0.774. The molecule has 0 rings (SSSR count). The van der Waals surface area contributed by atoms with E-state index in [9.17, 15) is 78.0 Å². The van der Waals surface area contributed by atoms with Crippen LogP contribution in [0.15, 0.2) is 0 Å². The van der Waals surface area contributed by atoms with Crippen molar-refractivity contribution in [2.75, 3.05) is 65.9 Å². The number of rotatable bonds is 54. The summed E-state index contributed by atoms with van der Waals surface area (Å²) in [7, 11) is 0. The van der Waals surface area contributed by atoms with Gasteiger partial charge in [0.25, 0.3) is 0 Å². The Bertz CT molecular complexity index is 1910. The van der Waals surface area contributed by atoms with Gasteiger partial charge in [0.05, 0.1) is 39.6 Å². The summed E-state index contributed by atoms with van der Waals surface area (Å²) in [5.74, 6) is -11.1. The highest BCUT2D eigenvalue weighted by Crippen LogP contribution is 2.14. The van der Waals surface area contributed by atoms with Crippen molar-refractivity contribution in [2.45, 2.75) is 198 Å². The fourth-order valence-electron chi connectivity index (χ4n) is 7.68. The number of nitrogens with one attached hydrogen (secondary N) is 7. The molecule has 0 aromatic rings. The third-order valence-corrected chi connectivity index (χ3v) is 12.0. The molecule has 0 aliphatic heterocycles. The first-order chi connectivity index (χ1) is 38.6. The van der Waals surface area contributed by atoms with Gasteiger partial charge in [0.15, 0.2) is 0 Å². The standard InChI is InChI=1S/C53H91N7O21/c1-37(2)56-48(67)36-81-34-32-79-30-28-55-47(66)35-80-33-31-78-29-27-54-42(61)23-19-38(50(70)71)58-44(63)25-21-40(52(74)75)60-46(65)26-22-41(53(76)77)59-45(64)24-20-39(51(72)73)57-43(62)17-15-13-11-9-7-5-3-4-6-8-10-12-14-16-18-49(68)69/h37-41H,3-36H2,1-2H3,(H,54,61)(H,55,66)(H,56,67)(H,57,62)(H,58,63)(H,59,64)(H,60,65)(H,68,69)(H,70,71)(H,72,73)(H,74,75)(H,76,77)/t38-,39-,40-,41-/m0/s1. The van der Waals surface area contributed by atoms with Crippen molar-refractivity contribution in [3.8, 4) is 0 Å². The van der Waals surface area contributed by atoms with Gasteiger partial charge >= 0.3 is 29.8 Å². The molecular weight excluding hydrogens is 1070 g/mol. The molecule has 0 aliphatic carbocycles. The zero-order chi connectivity index (χ0) is 60.6. The molecule has 0 unspecified atom stereocenters. The predicted molar refractivity (Wildman–Crippen MR) is 289 cm³/mol. The van der Waals surface area contributed by atoms with Gasteiger partial charge in [-0.3, -0.25) is 38.4 Å². The van der Waals surface area contributed by atoms with E-state index in [4.69, 9.17) is 24.1 Å². The van der Waals surface area contributed by atoms with E-state index in [1.165, 1.54) is 6.42 Å². The van der Waals surface area contributed by atoms with Crippen molar-refractivity contribution in [2.24, 2.45) is 0 Å². The lowest BCUT2D eigenvalue weighted by Gasteiger charge is -2.18. The molecule has 0 bridgehead atoms. The Balaban J connectivity index is 4.41. The Morgan fingerprint density at radius 2 is 0.593 bits per heavy atom. The van der Waals surface area contributed by atoms with E-state index in [-0.39, 0.29) is 116 Å². The summed E-state index contributed by atoms with van der Waals surface area (Å²) in [6.07, 6.45) is 10.7. The zero-order valence-electron chi connectivity index (χ0n) is 47.2. The number of carbonyl (C=O) groups is 12. The van der Waals surface area contributed by atoms with Crippen LogP contribution in [0.3, 0.4) is 0 Å². The molecule has 0 spiro atoms. The summed E-state index contributed by atoms with van der Waals surface area (Å²) in [5, 5.41) is 64.0. The molecule has 0 aliphatic rings. The number of unbranched alkanes of at least 4 members (excludes halogenated alkanes) is 13. The normalized spacial score (nSPS) is 12.5.